The first-order valence-corrected chi connectivity index (χ1v) is 8.37. The monoisotopic (exact) mass is 275 g/mol. The molecule has 0 heterocycles. The molecule has 0 aliphatic rings. The number of unbranched alkanes of at least 4 members (excludes halogenated alkanes) is 5. The van der Waals surface area contributed by atoms with Crippen molar-refractivity contribution in [3.05, 3.63) is 34.4 Å². The van der Waals surface area contributed by atoms with Crippen LogP contribution in [0.2, 0.25) is 0 Å². The Hall–Kier alpha value is -0.820. The molecule has 1 atom stereocenters. The number of rotatable bonds is 9. The molecule has 0 fully saturated rings. The predicted octanol–water partition coefficient (Wildman–Crippen LogP) is 5.23. The van der Waals surface area contributed by atoms with E-state index in [2.05, 4.69) is 39.8 Å². The van der Waals surface area contributed by atoms with E-state index in [9.17, 15) is 0 Å². The first-order chi connectivity index (χ1) is 9.54. The third-order valence-corrected chi connectivity index (χ3v) is 4.24. The summed E-state index contributed by atoms with van der Waals surface area (Å²) in [5.41, 5.74) is 12.0. The first-order valence-electron chi connectivity index (χ1n) is 8.37. The molecular formula is C19H33N. The van der Waals surface area contributed by atoms with Gasteiger partial charge in [0.1, 0.15) is 0 Å². The van der Waals surface area contributed by atoms with Crippen molar-refractivity contribution in [2.75, 3.05) is 0 Å². The summed E-state index contributed by atoms with van der Waals surface area (Å²) in [5.74, 6) is 0. The van der Waals surface area contributed by atoms with Crippen molar-refractivity contribution < 1.29 is 0 Å². The topological polar surface area (TPSA) is 26.0 Å². The van der Waals surface area contributed by atoms with Gasteiger partial charge in [0.15, 0.2) is 0 Å². The van der Waals surface area contributed by atoms with Crippen molar-refractivity contribution in [1.29, 1.82) is 0 Å². The lowest BCUT2D eigenvalue weighted by atomic mass is 9.93. The van der Waals surface area contributed by atoms with E-state index in [1.807, 2.05) is 0 Å². The second kappa shape index (κ2) is 9.18. The summed E-state index contributed by atoms with van der Waals surface area (Å²) in [6.45, 7) is 8.86. The van der Waals surface area contributed by atoms with Crippen LogP contribution in [0.25, 0.3) is 0 Å². The molecule has 0 spiro atoms. The second-order valence-electron chi connectivity index (χ2n) is 6.40. The largest absolute Gasteiger partial charge is 0.327 e. The molecule has 0 aromatic heterocycles. The minimum absolute atomic E-state index is 0.321. The maximum Gasteiger partial charge on any atom is 0.00795 e. The van der Waals surface area contributed by atoms with Crippen molar-refractivity contribution in [3.8, 4) is 0 Å². The van der Waals surface area contributed by atoms with Crippen LogP contribution < -0.4 is 5.73 Å². The van der Waals surface area contributed by atoms with Crippen LogP contribution in [0.15, 0.2) is 12.1 Å². The molecule has 1 aromatic carbocycles. The molecule has 0 saturated heterocycles. The van der Waals surface area contributed by atoms with Crippen LogP contribution in [0.1, 0.15) is 74.1 Å². The highest BCUT2D eigenvalue weighted by Gasteiger charge is 2.09. The molecule has 0 amide bonds. The van der Waals surface area contributed by atoms with E-state index in [4.69, 9.17) is 5.73 Å². The van der Waals surface area contributed by atoms with Gasteiger partial charge < -0.3 is 5.73 Å². The highest BCUT2D eigenvalue weighted by molar-refractivity contribution is 5.37. The summed E-state index contributed by atoms with van der Waals surface area (Å²) in [7, 11) is 0. The lowest BCUT2D eigenvalue weighted by Gasteiger charge is -2.16. The third-order valence-electron chi connectivity index (χ3n) is 4.24. The molecule has 1 unspecified atom stereocenters. The lowest BCUT2D eigenvalue weighted by Crippen LogP contribution is -2.23. The minimum Gasteiger partial charge on any atom is -0.327 e. The van der Waals surface area contributed by atoms with Gasteiger partial charge in [-0.25, -0.2) is 0 Å². The maximum atomic E-state index is 6.32. The van der Waals surface area contributed by atoms with Crippen LogP contribution >= 0.6 is 0 Å². The molecule has 114 valence electrons. The minimum atomic E-state index is 0.321. The number of aryl methyl sites for hydroxylation is 3. The number of nitrogens with two attached hydrogens (primary N) is 1. The van der Waals surface area contributed by atoms with E-state index in [1.54, 1.807) is 0 Å². The number of hydrogen-bond donors (Lipinski definition) is 1. The molecule has 2 N–H and O–H groups in total. The highest BCUT2D eigenvalue weighted by Crippen LogP contribution is 2.19. The summed E-state index contributed by atoms with van der Waals surface area (Å²) in [6.07, 6.45) is 10.3. The van der Waals surface area contributed by atoms with Crippen molar-refractivity contribution in [2.24, 2.45) is 5.73 Å². The fourth-order valence-corrected chi connectivity index (χ4v) is 3.08. The van der Waals surface area contributed by atoms with Gasteiger partial charge in [0, 0.05) is 6.04 Å². The Balaban J connectivity index is 2.34. The Kier molecular flexibility index (Phi) is 7.91. The molecule has 1 aromatic rings. The Bertz CT molecular complexity index is 372. The van der Waals surface area contributed by atoms with Crippen molar-refractivity contribution >= 4 is 0 Å². The Morgan fingerprint density at radius 1 is 0.900 bits per heavy atom. The van der Waals surface area contributed by atoms with Crippen LogP contribution in [0.5, 0.6) is 0 Å². The third kappa shape index (κ3) is 6.09. The molecule has 0 radical (unpaired) electrons. The Labute approximate surface area is 126 Å². The smallest absolute Gasteiger partial charge is 0.00795 e. The van der Waals surface area contributed by atoms with Gasteiger partial charge in [-0.05, 0) is 50.3 Å². The summed E-state index contributed by atoms with van der Waals surface area (Å²) in [6, 6.07) is 4.88. The Morgan fingerprint density at radius 3 is 2.05 bits per heavy atom. The van der Waals surface area contributed by atoms with E-state index in [0.717, 1.165) is 6.42 Å². The van der Waals surface area contributed by atoms with E-state index < -0.39 is 0 Å². The maximum absolute atomic E-state index is 6.32. The van der Waals surface area contributed by atoms with E-state index >= 15 is 0 Å². The highest BCUT2D eigenvalue weighted by atomic mass is 14.6. The van der Waals surface area contributed by atoms with Crippen LogP contribution in [0, 0.1) is 20.8 Å². The van der Waals surface area contributed by atoms with Gasteiger partial charge in [0.05, 0.1) is 0 Å². The predicted molar refractivity (Wildman–Crippen MR) is 90.3 cm³/mol. The molecule has 1 rings (SSSR count). The van der Waals surface area contributed by atoms with Crippen LogP contribution in [-0.4, -0.2) is 6.04 Å². The summed E-state index contributed by atoms with van der Waals surface area (Å²) in [4.78, 5) is 0. The van der Waals surface area contributed by atoms with Crippen LogP contribution in [0.4, 0.5) is 0 Å². The number of benzene rings is 1. The fraction of sp³-hybridized carbons (Fsp3) is 0.684. The zero-order chi connectivity index (χ0) is 15.0. The average molecular weight is 275 g/mol. The quantitative estimate of drug-likeness (QED) is 0.613. The van der Waals surface area contributed by atoms with E-state index in [-0.39, 0.29) is 0 Å². The van der Waals surface area contributed by atoms with Crippen molar-refractivity contribution in [2.45, 2.75) is 85.1 Å². The Morgan fingerprint density at radius 2 is 1.45 bits per heavy atom. The molecule has 0 aliphatic heterocycles. The fourth-order valence-electron chi connectivity index (χ4n) is 3.08. The molecular weight excluding hydrogens is 242 g/mol. The van der Waals surface area contributed by atoms with Crippen LogP contribution in [-0.2, 0) is 6.42 Å². The van der Waals surface area contributed by atoms with Gasteiger partial charge in [-0.1, -0.05) is 63.1 Å². The first kappa shape index (κ1) is 17.2. The van der Waals surface area contributed by atoms with E-state index in [1.165, 1.54) is 67.2 Å². The lowest BCUT2D eigenvalue weighted by molar-refractivity contribution is 0.531. The van der Waals surface area contributed by atoms with Gasteiger partial charge >= 0.3 is 0 Å². The van der Waals surface area contributed by atoms with Gasteiger partial charge in [0.25, 0.3) is 0 Å². The summed E-state index contributed by atoms with van der Waals surface area (Å²) in [5, 5.41) is 0. The van der Waals surface area contributed by atoms with Crippen molar-refractivity contribution in [1.82, 2.24) is 0 Å². The van der Waals surface area contributed by atoms with Crippen LogP contribution in [0.3, 0.4) is 0 Å². The SMILES string of the molecule is CCCCCCCCC(N)Cc1c(C)cc(C)cc1C. The zero-order valence-electron chi connectivity index (χ0n) is 14.0. The van der Waals surface area contributed by atoms with Crippen molar-refractivity contribution in [3.63, 3.8) is 0 Å². The molecule has 0 aliphatic carbocycles. The molecule has 0 bridgehead atoms. The van der Waals surface area contributed by atoms with Gasteiger partial charge in [-0.3, -0.25) is 0 Å². The summed E-state index contributed by atoms with van der Waals surface area (Å²) >= 11 is 0. The standard InChI is InChI=1S/C19H33N/c1-5-6-7-8-9-10-11-18(20)14-19-16(3)12-15(2)13-17(19)4/h12-13,18H,5-11,14,20H2,1-4H3. The van der Waals surface area contributed by atoms with Gasteiger partial charge in [-0.15, -0.1) is 0 Å². The average Bonchev–Trinajstić information content (AvgIpc) is 2.38. The summed E-state index contributed by atoms with van der Waals surface area (Å²) < 4.78 is 0. The molecule has 0 saturated carbocycles. The molecule has 20 heavy (non-hydrogen) atoms. The molecule has 1 heteroatoms. The van der Waals surface area contributed by atoms with Gasteiger partial charge in [0.2, 0.25) is 0 Å². The zero-order valence-corrected chi connectivity index (χ0v) is 14.0. The normalized spacial score (nSPS) is 12.7. The molecule has 1 nitrogen and oxygen atoms in total. The second-order valence-corrected chi connectivity index (χ2v) is 6.40. The van der Waals surface area contributed by atoms with Gasteiger partial charge in [-0.2, -0.15) is 0 Å². The van der Waals surface area contributed by atoms with E-state index in [0.29, 0.717) is 6.04 Å². The number of hydrogen-bond acceptors (Lipinski definition) is 1.